The van der Waals surface area contributed by atoms with E-state index in [0.717, 1.165) is 31.5 Å². The van der Waals surface area contributed by atoms with Gasteiger partial charge in [0, 0.05) is 19.1 Å². The van der Waals surface area contributed by atoms with Crippen LogP contribution in [0.3, 0.4) is 0 Å². The van der Waals surface area contributed by atoms with Crippen molar-refractivity contribution in [1.82, 2.24) is 9.80 Å². The van der Waals surface area contributed by atoms with Crippen molar-refractivity contribution in [3.63, 3.8) is 0 Å². The first-order chi connectivity index (χ1) is 8.67. The molecule has 3 N–H and O–H groups in total. The molecule has 2 aliphatic rings. The van der Waals surface area contributed by atoms with E-state index in [1.54, 1.807) is 0 Å². The summed E-state index contributed by atoms with van der Waals surface area (Å²) in [6.07, 6.45) is 4.73. The lowest BCUT2D eigenvalue weighted by molar-refractivity contribution is 0.0298. The SMILES string of the molecule is CCC(C(N)=NO)N1CCC2C(CCCN2C)C1. The van der Waals surface area contributed by atoms with Crippen LogP contribution in [-0.4, -0.2) is 59.6 Å². The molecular formula is C13H26N4O. The van der Waals surface area contributed by atoms with E-state index in [9.17, 15) is 0 Å². The lowest BCUT2D eigenvalue weighted by atomic mass is 9.83. The lowest BCUT2D eigenvalue weighted by Gasteiger charge is -2.47. The first kappa shape index (κ1) is 13.6. The topological polar surface area (TPSA) is 65.1 Å². The molecule has 2 heterocycles. The Balaban J connectivity index is 2.01. The minimum absolute atomic E-state index is 0.100. The molecule has 0 amide bonds. The van der Waals surface area contributed by atoms with Gasteiger partial charge in [-0.05, 0) is 45.2 Å². The maximum atomic E-state index is 8.87. The van der Waals surface area contributed by atoms with E-state index >= 15 is 0 Å². The van der Waals surface area contributed by atoms with Crippen LogP contribution in [0.4, 0.5) is 0 Å². The molecule has 0 saturated carbocycles. The number of fused-ring (bicyclic) bond motifs is 1. The second kappa shape index (κ2) is 5.89. The van der Waals surface area contributed by atoms with Crippen molar-refractivity contribution < 1.29 is 5.21 Å². The van der Waals surface area contributed by atoms with E-state index in [0.29, 0.717) is 5.84 Å². The quantitative estimate of drug-likeness (QED) is 0.340. The third-order valence-corrected chi connectivity index (χ3v) is 4.66. The second-order valence-electron chi connectivity index (χ2n) is 5.68. The van der Waals surface area contributed by atoms with E-state index < -0.39 is 0 Å². The van der Waals surface area contributed by atoms with Crippen molar-refractivity contribution in [3.8, 4) is 0 Å². The number of hydrogen-bond donors (Lipinski definition) is 2. The van der Waals surface area contributed by atoms with Gasteiger partial charge in [0.15, 0.2) is 5.84 Å². The van der Waals surface area contributed by atoms with Gasteiger partial charge >= 0.3 is 0 Å². The van der Waals surface area contributed by atoms with E-state index in [1.165, 1.54) is 25.8 Å². The Morgan fingerprint density at radius 1 is 1.44 bits per heavy atom. The van der Waals surface area contributed by atoms with Gasteiger partial charge in [0.2, 0.25) is 0 Å². The molecule has 3 unspecified atom stereocenters. The zero-order valence-electron chi connectivity index (χ0n) is 11.5. The molecule has 5 heteroatoms. The minimum Gasteiger partial charge on any atom is -0.409 e. The molecule has 104 valence electrons. The van der Waals surface area contributed by atoms with Crippen molar-refractivity contribution in [3.05, 3.63) is 0 Å². The van der Waals surface area contributed by atoms with Gasteiger partial charge in [-0.2, -0.15) is 0 Å². The van der Waals surface area contributed by atoms with E-state index in [-0.39, 0.29) is 6.04 Å². The zero-order chi connectivity index (χ0) is 13.1. The van der Waals surface area contributed by atoms with E-state index in [2.05, 4.69) is 28.9 Å². The van der Waals surface area contributed by atoms with E-state index in [1.807, 2.05) is 0 Å². The summed E-state index contributed by atoms with van der Waals surface area (Å²) in [6.45, 7) is 5.48. The van der Waals surface area contributed by atoms with E-state index in [4.69, 9.17) is 10.9 Å². The average Bonchev–Trinajstić information content (AvgIpc) is 2.39. The van der Waals surface area contributed by atoms with Crippen LogP contribution in [0.5, 0.6) is 0 Å². The molecule has 2 aliphatic heterocycles. The summed E-state index contributed by atoms with van der Waals surface area (Å²) in [5.74, 6) is 1.11. The summed E-state index contributed by atoms with van der Waals surface area (Å²) >= 11 is 0. The number of rotatable bonds is 3. The highest BCUT2D eigenvalue weighted by molar-refractivity contribution is 5.85. The van der Waals surface area contributed by atoms with Gasteiger partial charge < -0.3 is 15.8 Å². The normalized spacial score (nSPS) is 33.1. The van der Waals surface area contributed by atoms with Gasteiger partial charge in [0.25, 0.3) is 0 Å². The molecular weight excluding hydrogens is 228 g/mol. The summed E-state index contributed by atoms with van der Waals surface area (Å²) in [6, 6.07) is 0.836. The number of amidine groups is 1. The van der Waals surface area contributed by atoms with Crippen LogP contribution in [0.2, 0.25) is 0 Å². The zero-order valence-corrected chi connectivity index (χ0v) is 11.5. The van der Waals surface area contributed by atoms with Crippen LogP contribution in [0.15, 0.2) is 5.16 Å². The first-order valence-electron chi connectivity index (χ1n) is 7.09. The summed E-state index contributed by atoms with van der Waals surface area (Å²) in [5.41, 5.74) is 5.80. The molecule has 0 bridgehead atoms. The predicted molar refractivity (Wildman–Crippen MR) is 72.8 cm³/mol. The number of nitrogens with two attached hydrogens (primary N) is 1. The molecule has 5 nitrogen and oxygen atoms in total. The van der Waals surface area contributed by atoms with Crippen molar-refractivity contribution >= 4 is 5.84 Å². The van der Waals surface area contributed by atoms with Gasteiger partial charge in [-0.15, -0.1) is 0 Å². The van der Waals surface area contributed by atoms with Crippen molar-refractivity contribution in [1.29, 1.82) is 0 Å². The fraction of sp³-hybridized carbons (Fsp3) is 0.923. The van der Waals surface area contributed by atoms with Crippen molar-refractivity contribution in [2.24, 2.45) is 16.8 Å². The molecule has 0 aliphatic carbocycles. The Hall–Kier alpha value is -0.810. The molecule has 0 aromatic carbocycles. The summed E-state index contributed by atoms with van der Waals surface area (Å²) in [7, 11) is 2.24. The smallest absolute Gasteiger partial charge is 0.156 e. The maximum Gasteiger partial charge on any atom is 0.156 e. The fourth-order valence-electron chi connectivity index (χ4n) is 3.68. The molecule has 18 heavy (non-hydrogen) atoms. The Morgan fingerprint density at radius 2 is 2.22 bits per heavy atom. The summed E-state index contributed by atoms with van der Waals surface area (Å²) < 4.78 is 0. The second-order valence-corrected chi connectivity index (χ2v) is 5.68. The maximum absolute atomic E-state index is 8.87. The van der Waals surface area contributed by atoms with Crippen molar-refractivity contribution in [2.75, 3.05) is 26.7 Å². The predicted octanol–water partition coefficient (Wildman–Crippen LogP) is 0.928. The van der Waals surface area contributed by atoms with Crippen LogP contribution in [0.1, 0.15) is 32.6 Å². The Morgan fingerprint density at radius 3 is 2.89 bits per heavy atom. The minimum atomic E-state index is 0.100. The first-order valence-corrected chi connectivity index (χ1v) is 7.09. The molecule has 0 radical (unpaired) electrons. The molecule has 3 atom stereocenters. The van der Waals surface area contributed by atoms with Crippen LogP contribution >= 0.6 is 0 Å². The van der Waals surface area contributed by atoms with Gasteiger partial charge in [0.1, 0.15) is 0 Å². The van der Waals surface area contributed by atoms with Crippen LogP contribution in [0.25, 0.3) is 0 Å². The number of nitrogens with zero attached hydrogens (tertiary/aromatic N) is 3. The number of oxime groups is 1. The summed E-state index contributed by atoms with van der Waals surface area (Å²) in [5, 5.41) is 12.1. The molecule has 0 aromatic heterocycles. The third-order valence-electron chi connectivity index (χ3n) is 4.66. The Kier molecular flexibility index (Phi) is 4.45. The monoisotopic (exact) mass is 254 g/mol. The molecule has 0 spiro atoms. The number of hydrogen-bond acceptors (Lipinski definition) is 4. The van der Waals surface area contributed by atoms with Gasteiger partial charge in [-0.25, -0.2) is 0 Å². The van der Waals surface area contributed by atoms with Gasteiger partial charge in [-0.1, -0.05) is 12.1 Å². The van der Waals surface area contributed by atoms with Crippen LogP contribution < -0.4 is 5.73 Å². The fourth-order valence-corrected chi connectivity index (χ4v) is 3.68. The number of likely N-dealkylation sites (tertiary alicyclic amines) is 2. The standard InChI is InChI=1S/C13H26N4O/c1-3-11(13(14)15-18)17-8-6-12-10(9-17)5-4-7-16(12)2/h10-12,18H,3-9H2,1-2H3,(H2,14,15). The molecule has 2 fully saturated rings. The highest BCUT2D eigenvalue weighted by atomic mass is 16.4. The molecule has 2 rings (SSSR count). The van der Waals surface area contributed by atoms with Gasteiger partial charge in [-0.3, -0.25) is 4.90 Å². The third kappa shape index (κ3) is 2.62. The van der Waals surface area contributed by atoms with Crippen LogP contribution in [0, 0.1) is 5.92 Å². The van der Waals surface area contributed by atoms with Crippen molar-refractivity contribution in [2.45, 2.75) is 44.7 Å². The van der Waals surface area contributed by atoms with Gasteiger partial charge in [0.05, 0.1) is 6.04 Å². The molecule has 0 aromatic rings. The largest absolute Gasteiger partial charge is 0.409 e. The summed E-state index contributed by atoms with van der Waals surface area (Å²) in [4.78, 5) is 4.91. The molecule has 2 saturated heterocycles. The lowest BCUT2D eigenvalue weighted by Crippen LogP contribution is -2.57. The Labute approximate surface area is 110 Å². The number of piperidine rings is 2. The Bertz CT molecular complexity index is 307. The highest BCUT2D eigenvalue weighted by Gasteiger charge is 2.36. The van der Waals surface area contributed by atoms with Crippen LogP contribution in [-0.2, 0) is 0 Å². The highest BCUT2D eigenvalue weighted by Crippen LogP contribution is 2.30. The average molecular weight is 254 g/mol.